The predicted octanol–water partition coefficient (Wildman–Crippen LogP) is 0.934. The van der Waals surface area contributed by atoms with Gasteiger partial charge in [0.2, 0.25) is 5.95 Å². The Labute approximate surface area is 76.2 Å². The largest absolute Gasteiger partial charge is 0.340 e. The Kier molecular flexibility index (Phi) is 1.68. The second kappa shape index (κ2) is 2.58. The lowest BCUT2D eigenvalue weighted by Gasteiger charge is -2.37. The summed E-state index contributed by atoms with van der Waals surface area (Å²) < 4.78 is 2.59. The molecular weight excluding hydrogens is 172 g/mol. The first kappa shape index (κ1) is 7.79. The van der Waals surface area contributed by atoms with Gasteiger partial charge in [0.25, 0.3) is 0 Å². The standard InChI is InChI=1S/C7H12N4S/c1-5-3-11(4-5)6-8-9-7(12)10(6)2/h5H,3-4H2,1-2H3,(H,9,12). The summed E-state index contributed by atoms with van der Waals surface area (Å²) in [5.74, 6) is 1.74. The van der Waals surface area contributed by atoms with Crippen LogP contribution in [-0.2, 0) is 7.05 Å². The monoisotopic (exact) mass is 184 g/mol. The number of nitrogens with one attached hydrogen (secondary N) is 1. The Morgan fingerprint density at radius 3 is 2.67 bits per heavy atom. The SMILES string of the molecule is CC1CN(c2n[nH]c(=S)n2C)C1. The van der Waals surface area contributed by atoms with E-state index in [1.54, 1.807) is 0 Å². The van der Waals surface area contributed by atoms with Crippen molar-refractivity contribution in [1.29, 1.82) is 0 Å². The molecule has 0 aromatic carbocycles. The van der Waals surface area contributed by atoms with Crippen LogP contribution in [0.1, 0.15) is 6.92 Å². The van der Waals surface area contributed by atoms with E-state index >= 15 is 0 Å². The molecule has 0 amide bonds. The fraction of sp³-hybridized carbons (Fsp3) is 0.714. The van der Waals surface area contributed by atoms with E-state index in [1.165, 1.54) is 0 Å². The average Bonchev–Trinajstić information content (AvgIpc) is 2.28. The van der Waals surface area contributed by atoms with E-state index in [2.05, 4.69) is 22.0 Å². The highest BCUT2D eigenvalue weighted by molar-refractivity contribution is 7.71. The lowest BCUT2D eigenvalue weighted by Crippen LogP contribution is -2.46. The molecule has 0 bridgehead atoms. The predicted molar refractivity (Wildman–Crippen MR) is 49.8 cm³/mol. The maximum absolute atomic E-state index is 5.01. The molecule has 66 valence electrons. The second-order valence-electron chi connectivity index (χ2n) is 3.40. The van der Waals surface area contributed by atoms with Crippen LogP contribution in [0.25, 0.3) is 0 Å². The molecule has 4 nitrogen and oxygen atoms in total. The van der Waals surface area contributed by atoms with Crippen LogP contribution >= 0.6 is 12.2 Å². The van der Waals surface area contributed by atoms with Crippen molar-refractivity contribution in [2.45, 2.75) is 6.92 Å². The van der Waals surface area contributed by atoms with Crippen molar-refractivity contribution in [3.63, 3.8) is 0 Å². The number of aromatic amines is 1. The van der Waals surface area contributed by atoms with Gasteiger partial charge in [-0.2, -0.15) is 0 Å². The molecule has 1 N–H and O–H groups in total. The van der Waals surface area contributed by atoms with Gasteiger partial charge in [-0.15, -0.1) is 5.10 Å². The summed E-state index contributed by atoms with van der Waals surface area (Å²) in [5.41, 5.74) is 0. The molecule has 0 radical (unpaired) electrons. The van der Waals surface area contributed by atoms with E-state index in [4.69, 9.17) is 12.2 Å². The summed E-state index contributed by atoms with van der Waals surface area (Å²) in [4.78, 5) is 2.22. The lowest BCUT2D eigenvalue weighted by molar-refractivity contribution is 0.434. The quantitative estimate of drug-likeness (QED) is 0.660. The highest BCUT2D eigenvalue weighted by atomic mass is 32.1. The Hall–Kier alpha value is -0.840. The first-order valence-corrected chi connectivity index (χ1v) is 4.45. The molecule has 2 heterocycles. The molecular formula is C7H12N4S. The topological polar surface area (TPSA) is 36.9 Å². The Bertz CT molecular complexity index is 333. The fourth-order valence-corrected chi connectivity index (χ4v) is 1.61. The molecule has 0 atom stereocenters. The third-order valence-corrected chi connectivity index (χ3v) is 2.57. The van der Waals surface area contributed by atoms with Gasteiger partial charge in [-0.1, -0.05) is 6.92 Å². The molecule has 12 heavy (non-hydrogen) atoms. The average molecular weight is 184 g/mol. The highest BCUT2D eigenvalue weighted by Gasteiger charge is 2.25. The number of aromatic nitrogens is 3. The van der Waals surface area contributed by atoms with Crippen LogP contribution in [-0.4, -0.2) is 27.9 Å². The zero-order chi connectivity index (χ0) is 8.72. The van der Waals surface area contributed by atoms with Crippen molar-refractivity contribution >= 4 is 18.2 Å². The summed E-state index contributed by atoms with van der Waals surface area (Å²) in [6.07, 6.45) is 0. The minimum Gasteiger partial charge on any atom is -0.340 e. The molecule has 2 rings (SSSR count). The van der Waals surface area contributed by atoms with Crippen molar-refractivity contribution in [2.24, 2.45) is 13.0 Å². The maximum atomic E-state index is 5.01. The van der Waals surface area contributed by atoms with Crippen LogP contribution < -0.4 is 4.90 Å². The smallest absolute Gasteiger partial charge is 0.225 e. The summed E-state index contributed by atoms with van der Waals surface area (Å²) in [7, 11) is 1.93. The van der Waals surface area contributed by atoms with Crippen molar-refractivity contribution in [3.8, 4) is 0 Å². The molecule has 0 aliphatic carbocycles. The van der Waals surface area contributed by atoms with E-state index in [0.717, 1.165) is 25.0 Å². The van der Waals surface area contributed by atoms with E-state index in [1.807, 2.05) is 11.6 Å². The molecule has 1 aromatic heterocycles. The third-order valence-electron chi connectivity index (χ3n) is 2.20. The van der Waals surface area contributed by atoms with Gasteiger partial charge in [0.1, 0.15) is 0 Å². The molecule has 0 spiro atoms. The van der Waals surface area contributed by atoms with Crippen molar-refractivity contribution < 1.29 is 0 Å². The Balaban J connectivity index is 2.24. The first-order chi connectivity index (χ1) is 5.68. The summed E-state index contributed by atoms with van der Waals surface area (Å²) in [6.45, 7) is 4.42. The molecule has 0 unspecified atom stereocenters. The number of anilines is 1. The van der Waals surface area contributed by atoms with E-state index in [9.17, 15) is 0 Å². The van der Waals surface area contributed by atoms with Crippen molar-refractivity contribution in [3.05, 3.63) is 4.77 Å². The van der Waals surface area contributed by atoms with Crippen LogP contribution in [0.15, 0.2) is 0 Å². The molecule has 1 aliphatic rings. The van der Waals surface area contributed by atoms with E-state index in [-0.39, 0.29) is 0 Å². The van der Waals surface area contributed by atoms with Crippen LogP contribution in [0.5, 0.6) is 0 Å². The molecule has 5 heteroatoms. The van der Waals surface area contributed by atoms with Gasteiger partial charge in [0.05, 0.1) is 0 Å². The van der Waals surface area contributed by atoms with Gasteiger partial charge in [-0.25, -0.2) is 5.10 Å². The van der Waals surface area contributed by atoms with Gasteiger partial charge in [-0.05, 0) is 18.1 Å². The third kappa shape index (κ3) is 1.04. The van der Waals surface area contributed by atoms with Crippen LogP contribution in [0.2, 0.25) is 0 Å². The van der Waals surface area contributed by atoms with Crippen LogP contribution in [0, 0.1) is 10.7 Å². The number of rotatable bonds is 1. The molecule has 0 saturated carbocycles. The van der Waals surface area contributed by atoms with Crippen molar-refractivity contribution in [1.82, 2.24) is 14.8 Å². The number of hydrogen-bond donors (Lipinski definition) is 1. The highest BCUT2D eigenvalue weighted by Crippen LogP contribution is 2.20. The molecule has 1 fully saturated rings. The van der Waals surface area contributed by atoms with Gasteiger partial charge in [-0.3, -0.25) is 4.57 Å². The Morgan fingerprint density at radius 1 is 1.58 bits per heavy atom. The summed E-state index contributed by atoms with van der Waals surface area (Å²) in [6, 6.07) is 0. The van der Waals surface area contributed by atoms with Gasteiger partial charge in [0.15, 0.2) is 4.77 Å². The Morgan fingerprint density at radius 2 is 2.25 bits per heavy atom. The van der Waals surface area contributed by atoms with Crippen LogP contribution in [0.3, 0.4) is 0 Å². The zero-order valence-corrected chi connectivity index (χ0v) is 8.06. The fourth-order valence-electron chi connectivity index (χ4n) is 1.48. The summed E-state index contributed by atoms with van der Waals surface area (Å²) in [5, 5.41) is 6.92. The molecule has 1 saturated heterocycles. The zero-order valence-electron chi connectivity index (χ0n) is 7.24. The number of H-pyrrole nitrogens is 1. The number of nitrogens with zero attached hydrogens (tertiary/aromatic N) is 3. The molecule has 1 aliphatic heterocycles. The van der Waals surface area contributed by atoms with Gasteiger partial charge >= 0.3 is 0 Å². The van der Waals surface area contributed by atoms with Crippen molar-refractivity contribution in [2.75, 3.05) is 18.0 Å². The normalized spacial score (nSPS) is 18.0. The number of hydrogen-bond acceptors (Lipinski definition) is 3. The first-order valence-electron chi connectivity index (χ1n) is 4.05. The second-order valence-corrected chi connectivity index (χ2v) is 3.78. The summed E-state index contributed by atoms with van der Waals surface area (Å²) >= 11 is 5.01. The molecule has 1 aromatic rings. The minimum atomic E-state index is 0.685. The van der Waals surface area contributed by atoms with Gasteiger partial charge < -0.3 is 4.90 Å². The van der Waals surface area contributed by atoms with E-state index < -0.39 is 0 Å². The maximum Gasteiger partial charge on any atom is 0.225 e. The minimum absolute atomic E-state index is 0.685. The van der Waals surface area contributed by atoms with Crippen LogP contribution in [0.4, 0.5) is 5.95 Å². The van der Waals surface area contributed by atoms with Gasteiger partial charge in [0, 0.05) is 20.1 Å². The van der Waals surface area contributed by atoms with E-state index in [0.29, 0.717) is 4.77 Å². The lowest BCUT2D eigenvalue weighted by atomic mass is 10.0.